The Hall–Kier alpha value is -7.62. The molecule has 0 fully saturated rings. The Morgan fingerprint density at radius 3 is 1.18 bits per heavy atom. The second-order valence-electron chi connectivity index (χ2n) is 15.2. The van der Waals surface area contributed by atoms with Crippen LogP contribution in [0.25, 0.3) is 115 Å². The predicted octanol–water partition coefficient (Wildman–Crippen LogP) is 14.5. The van der Waals surface area contributed by atoms with Gasteiger partial charge in [0.2, 0.25) is 0 Å². The largest absolute Gasteiger partial charge is 0.309 e. The minimum absolute atomic E-state index is 1.14. The van der Waals surface area contributed by atoms with E-state index in [9.17, 15) is 0 Å². The third-order valence-electron chi connectivity index (χ3n) is 12.4. The zero-order chi connectivity index (χ0) is 37.2. The van der Waals surface area contributed by atoms with Gasteiger partial charge in [0.15, 0.2) is 0 Å². The van der Waals surface area contributed by atoms with Crippen molar-refractivity contribution in [3.63, 3.8) is 0 Å². The number of para-hydroxylation sites is 6. The Morgan fingerprint density at radius 1 is 0.228 bits per heavy atom. The molecule has 57 heavy (non-hydrogen) atoms. The molecule has 9 aromatic carbocycles. The first-order valence-corrected chi connectivity index (χ1v) is 19.7. The summed E-state index contributed by atoms with van der Waals surface area (Å²) < 4.78 is 7.50. The van der Waals surface area contributed by atoms with E-state index in [4.69, 9.17) is 0 Å². The monoisotopic (exact) mass is 723 g/mol. The van der Waals surface area contributed by atoms with E-state index in [0.29, 0.717) is 0 Å². The van der Waals surface area contributed by atoms with Crippen LogP contribution in [0.1, 0.15) is 0 Å². The topological polar surface area (TPSA) is 14.3 Å². The SMILES string of the molecule is c1ccc2c(c1)c1ccccc1c1cccc3c4ccccc4n(c4c(-n5c6ccccc6c6cc(-n7c8ccccc8c8ccccc87)ccc65)cccc24)c13. The first-order valence-electron chi connectivity index (χ1n) is 19.7. The van der Waals surface area contributed by atoms with Crippen LogP contribution in [-0.2, 0) is 0 Å². The number of benzene rings is 9. The molecule has 0 bridgehead atoms. The molecule has 0 unspecified atom stereocenters. The number of rotatable bonds is 2. The Labute approximate surface area is 327 Å². The molecule has 264 valence electrons. The van der Waals surface area contributed by atoms with E-state index in [1.54, 1.807) is 0 Å². The van der Waals surface area contributed by atoms with Crippen LogP contribution in [0.3, 0.4) is 0 Å². The molecule has 0 N–H and O–H groups in total. The van der Waals surface area contributed by atoms with Gasteiger partial charge in [-0.1, -0.05) is 152 Å². The molecule has 0 spiro atoms. The second-order valence-corrected chi connectivity index (χ2v) is 15.2. The smallest absolute Gasteiger partial charge is 0.0782 e. The third kappa shape index (κ3) is 4.10. The van der Waals surface area contributed by atoms with Crippen molar-refractivity contribution >= 4 is 103 Å². The molecule has 0 aliphatic heterocycles. The van der Waals surface area contributed by atoms with Crippen LogP contribution < -0.4 is 0 Å². The van der Waals surface area contributed by atoms with E-state index in [-0.39, 0.29) is 0 Å². The maximum Gasteiger partial charge on any atom is 0.0782 e. The molecular weight excluding hydrogens is 691 g/mol. The van der Waals surface area contributed by atoms with Gasteiger partial charge >= 0.3 is 0 Å². The summed E-state index contributed by atoms with van der Waals surface area (Å²) in [7, 11) is 0. The van der Waals surface area contributed by atoms with Crippen molar-refractivity contribution in [2.45, 2.75) is 0 Å². The number of fused-ring (bicyclic) bond motifs is 16. The fraction of sp³-hybridized carbons (Fsp3) is 0. The summed E-state index contributed by atoms with van der Waals surface area (Å²) in [6, 6.07) is 74.0. The fourth-order valence-electron chi connectivity index (χ4n) is 10.1. The standard InChI is InChI=1S/C54H33N3/c1-3-17-37-35(15-1)36-16-2-4-18-38(36)44-25-14-30-52(54(44)57-50-29-12-7-21-41(50)45-24-13-23-43(37)53(45)57)56-49-28-11-8-22-42(49)46-33-34(31-32-51(46)56)55-47-26-9-5-19-39(47)40-20-6-10-27-48(40)55/h1-33H. The molecular formula is C54H33N3. The minimum Gasteiger partial charge on any atom is -0.309 e. The van der Waals surface area contributed by atoms with Gasteiger partial charge in [-0.2, -0.15) is 0 Å². The van der Waals surface area contributed by atoms with Gasteiger partial charge in [0.25, 0.3) is 0 Å². The molecule has 4 aromatic heterocycles. The highest BCUT2D eigenvalue weighted by Crippen LogP contribution is 2.42. The van der Waals surface area contributed by atoms with Crippen LogP contribution in [0.4, 0.5) is 0 Å². The van der Waals surface area contributed by atoms with Gasteiger partial charge in [-0.15, -0.1) is 0 Å². The first kappa shape index (κ1) is 30.7. The summed E-state index contributed by atoms with van der Waals surface area (Å²) in [6.07, 6.45) is 0. The number of hydrogen-bond donors (Lipinski definition) is 0. The molecule has 0 radical (unpaired) electrons. The Balaban J connectivity index is 1.25. The predicted molar refractivity (Wildman–Crippen MR) is 242 cm³/mol. The zero-order valence-corrected chi connectivity index (χ0v) is 30.9. The number of hydrogen-bond acceptors (Lipinski definition) is 0. The normalized spacial score (nSPS) is 12.2. The van der Waals surface area contributed by atoms with Crippen LogP contribution >= 0.6 is 0 Å². The van der Waals surface area contributed by atoms with Crippen molar-refractivity contribution in [2.24, 2.45) is 0 Å². The summed E-state index contributed by atoms with van der Waals surface area (Å²) in [5, 5.41) is 14.8. The van der Waals surface area contributed by atoms with Gasteiger partial charge in [-0.05, 0) is 70.1 Å². The first-order chi connectivity index (χ1) is 28.3. The van der Waals surface area contributed by atoms with Crippen LogP contribution in [0, 0.1) is 0 Å². The lowest BCUT2D eigenvalue weighted by Crippen LogP contribution is -1.99. The van der Waals surface area contributed by atoms with Gasteiger partial charge in [0, 0.05) is 48.8 Å². The molecule has 0 saturated heterocycles. The molecule has 0 aliphatic carbocycles. The zero-order valence-electron chi connectivity index (χ0n) is 30.9. The van der Waals surface area contributed by atoms with Crippen LogP contribution in [0.15, 0.2) is 200 Å². The summed E-state index contributed by atoms with van der Waals surface area (Å²) in [6.45, 7) is 0. The quantitative estimate of drug-likeness (QED) is 0.169. The van der Waals surface area contributed by atoms with Gasteiger partial charge in [-0.25, -0.2) is 0 Å². The average Bonchev–Trinajstić information content (AvgIpc) is 3.92. The van der Waals surface area contributed by atoms with E-state index in [1.807, 2.05) is 0 Å². The number of aromatic nitrogens is 3. The number of nitrogens with zero attached hydrogens (tertiary/aromatic N) is 3. The Kier molecular flexibility index (Phi) is 6.16. The van der Waals surface area contributed by atoms with E-state index in [2.05, 4.69) is 214 Å². The summed E-state index contributed by atoms with van der Waals surface area (Å²) >= 11 is 0. The Bertz CT molecular complexity index is 3820. The van der Waals surface area contributed by atoms with Crippen molar-refractivity contribution < 1.29 is 0 Å². The second kappa shape index (κ2) is 11.5. The highest BCUT2D eigenvalue weighted by atomic mass is 15.0. The molecule has 0 aliphatic rings. The van der Waals surface area contributed by atoms with Crippen LogP contribution in [0.2, 0.25) is 0 Å². The van der Waals surface area contributed by atoms with Crippen molar-refractivity contribution in [3.05, 3.63) is 200 Å². The third-order valence-corrected chi connectivity index (χ3v) is 12.4. The van der Waals surface area contributed by atoms with E-state index < -0.39 is 0 Å². The average molecular weight is 724 g/mol. The molecule has 13 aromatic rings. The van der Waals surface area contributed by atoms with E-state index in [0.717, 1.165) is 11.4 Å². The summed E-state index contributed by atoms with van der Waals surface area (Å²) in [5.41, 5.74) is 10.7. The molecule has 0 amide bonds. The summed E-state index contributed by atoms with van der Waals surface area (Å²) in [4.78, 5) is 0. The van der Waals surface area contributed by atoms with Crippen LogP contribution in [0.5, 0.6) is 0 Å². The van der Waals surface area contributed by atoms with Crippen molar-refractivity contribution in [1.82, 2.24) is 13.5 Å². The lowest BCUT2D eigenvalue weighted by atomic mass is 10.0. The molecule has 13 rings (SSSR count). The van der Waals surface area contributed by atoms with Gasteiger partial charge in [-0.3, -0.25) is 0 Å². The molecule has 4 heterocycles. The summed E-state index contributed by atoms with van der Waals surface area (Å²) in [5.74, 6) is 0. The highest BCUT2D eigenvalue weighted by molar-refractivity contribution is 6.26. The molecule has 0 saturated carbocycles. The molecule has 3 heteroatoms. The van der Waals surface area contributed by atoms with E-state index in [1.165, 1.54) is 103 Å². The van der Waals surface area contributed by atoms with Gasteiger partial charge in [0.1, 0.15) is 0 Å². The van der Waals surface area contributed by atoms with Gasteiger partial charge < -0.3 is 13.5 Å². The highest BCUT2D eigenvalue weighted by Gasteiger charge is 2.21. The molecule has 3 nitrogen and oxygen atoms in total. The fourth-order valence-corrected chi connectivity index (χ4v) is 10.1. The molecule has 0 atom stereocenters. The van der Waals surface area contributed by atoms with Crippen molar-refractivity contribution in [3.8, 4) is 11.4 Å². The maximum absolute atomic E-state index is 2.57. The van der Waals surface area contributed by atoms with E-state index >= 15 is 0 Å². The lowest BCUT2D eigenvalue weighted by Gasteiger charge is -2.14. The lowest BCUT2D eigenvalue weighted by molar-refractivity contribution is 1.16. The Morgan fingerprint density at radius 2 is 0.596 bits per heavy atom. The minimum atomic E-state index is 1.14. The van der Waals surface area contributed by atoms with Crippen molar-refractivity contribution in [1.29, 1.82) is 0 Å². The van der Waals surface area contributed by atoms with Crippen molar-refractivity contribution in [2.75, 3.05) is 0 Å². The van der Waals surface area contributed by atoms with Crippen LogP contribution in [-0.4, -0.2) is 13.5 Å². The maximum atomic E-state index is 2.57. The van der Waals surface area contributed by atoms with Gasteiger partial charge in [0.05, 0.1) is 44.3 Å².